The van der Waals surface area contributed by atoms with Crippen LogP contribution in [-0.4, -0.2) is 70.3 Å². The summed E-state index contributed by atoms with van der Waals surface area (Å²) in [5.74, 6) is 0.568. The van der Waals surface area contributed by atoms with Crippen LogP contribution in [0.4, 0.5) is 0 Å². The Morgan fingerprint density at radius 3 is 2.59 bits per heavy atom. The lowest BCUT2D eigenvalue weighted by Gasteiger charge is -2.42. The Kier molecular flexibility index (Phi) is 8.84. The van der Waals surface area contributed by atoms with Gasteiger partial charge in [0.1, 0.15) is 18.0 Å². The molecule has 0 radical (unpaired) electrons. The first kappa shape index (κ1) is 26.7. The minimum Gasteiger partial charge on any atom is -0.490 e. The van der Waals surface area contributed by atoms with Crippen molar-refractivity contribution in [2.45, 2.75) is 31.4 Å². The molecule has 196 valence electrons. The van der Waals surface area contributed by atoms with Crippen LogP contribution >= 0.6 is 11.6 Å². The zero-order chi connectivity index (χ0) is 26.3. The van der Waals surface area contributed by atoms with Crippen molar-refractivity contribution in [2.24, 2.45) is 7.05 Å². The van der Waals surface area contributed by atoms with E-state index in [2.05, 4.69) is 5.10 Å². The van der Waals surface area contributed by atoms with E-state index < -0.39 is 5.60 Å². The van der Waals surface area contributed by atoms with Crippen LogP contribution in [0.2, 0.25) is 5.02 Å². The van der Waals surface area contributed by atoms with Gasteiger partial charge in [0.15, 0.2) is 0 Å². The lowest BCUT2D eigenvalue weighted by atomic mass is 9.96. The largest absolute Gasteiger partial charge is 0.490 e. The Morgan fingerprint density at radius 1 is 1.14 bits per heavy atom. The first-order chi connectivity index (χ1) is 17.8. The van der Waals surface area contributed by atoms with Crippen LogP contribution in [0, 0.1) is 0 Å². The van der Waals surface area contributed by atoms with E-state index >= 15 is 0 Å². The zero-order valence-electron chi connectivity index (χ0n) is 21.3. The monoisotopic (exact) mass is 524 g/mol. The van der Waals surface area contributed by atoms with Gasteiger partial charge in [-0.1, -0.05) is 41.9 Å². The summed E-state index contributed by atoms with van der Waals surface area (Å²) in [7, 11) is 3.64. The Hall–Kier alpha value is -3.36. The molecule has 0 N–H and O–H groups in total. The highest BCUT2D eigenvalue weighted by Gasteiger charge is 2.42. The molecule has 1 aliphatic rings. The van der Waals surface area contributed by atoms with Gasteiger partial charge in [-0.3, -0.25) is 14.3 Å². The van der Waals surface area contributed by atoms with Crippen molar-refractivity contribution >= 4 is 23.4 Å². The number of aryl methyl sites for hydroxylation is 2. The Balaban J connectivity index is 1.45. The van der Waals surface area contributed by atoms with Crippen LogP contribution in [-0.2, 0) is 34.3 Å². The van der Waals surface area contributed by atoms with Gasteiger partial charge in [0.25, 0.3) is 0 Å². The number of halogens is 1. The van der Waals surface area contributed by atoms with Crippen molar-refractivity contribution in [1.29, 1.82) is 0 Å². The Bertz CT molecular complexity index is 1180. The maximum Gasteiger partial charge on any atom is 0.225 e. The number of ether oxygens (including phenoxy) is 2. The molecule has 37 heavy (non-hydrogen) atoms. The van der Waals surface area contributed by atoms with E-state index in [-0.39, 0.29) is 31.4 Å². The number of nitrogens with zero attached hydrogens (tertiary/aromatic N) is 4. The summed E-state index contributed by atoms with van der Waals surface area (Å²) in [6, 6.07) is 16.9. The fourth-order valence-electron chi connectivity index (χ4n) is 4.42. The number of carbonyl (C=O) groups is 2. The topological polar surface area (TPSA) is 76.9 Å². The van der Waals surface area contributed by atoms with Crippen LogP contribution < -0.4 is 4.74 Å². The van der Waals surface area contributed by atoms with Gasteiger partial charge < -0.3 is 19.3 Å². The lowest BCUT2D eigenvalue weighted by molar-refractivity contribution is -0.165. The number of morpholine rings is 1. The van der Waals surface area contributed by atoms with Crippen LogP contribution in [0.15, 0.2) is 67.0 Å². The predicted molar refractivity (Wildman–Crippen MR) is 141 cm³/mol. The molecular formula is C28H33ClN4O4. The van der Waals surface area contributed by atoms with Crippen LogP contribution in [0.1, 0.15) is 24.0 Å². The quantitative estimate of drug-likeness (QED) is 0.404. The third-order valence-corrected chi connectivity index (χ3v) is 6.72. The van der Waals surface area contributed by atoms with Crippen LogP contribution in [0.25, 0.3) is 0 Å². The van der Waals surface area contributed by atoms with Gasteiger partial charge in [-0.05, 0) is 41.8 Å². The van der Waals surface area contributed by atoms with Gasteiger partial charge in [0.2, 0.25) is 11.8 Å². The Morgan fingerprint density at radius 2 is 1.89 bits per heavy atom. The van der Waals surface area contributed by atoms with Gasteiger partial charge >= 0.3 is 0 Å². The molecule has 1 atom stereocenters. The summed E-state index contributed by atoms with van der Waals surface area (Å²) in [6.07, 6.45) is 4.76. The molecule has 2 aromatic carbocycles. The highest BCUT2D eigenvalue weighted by molar-refractivity contribution is 6.30. The molecule has 0 bridgehead atoms. The minimum atomic E-state index is -0.968. The Labute approximate surface area is 222 Å². The van der Waals surface area contributed by atoms with Crippen molar-refractivity contribution in [3.8, 4) is 5.75 Å². The molecule has 1 fully saturated rings. The number of hydrogen-bond donors (Lipinski definition) is 0. The van der Waals surface area contributed by atoms with Crippen molar-refractivity contribution in [3.63, 3.8) is 0 Å². The van der Waals surface area contributed by atoms with E-state index in [4.69, 9.17) is 21.1 Å². The fourth-order valence-corrected chi connectivity index (χ4v) is 4.54. The zero-order valence-corrected chi connectivity index (χ0v) is 22.1. The second-order valence-corrected chi connectivity index (χ2v) is 9.96. The van der Waals surface area contributed by atoms with E-state index in [0.717, 1.165) is 11.1 Å². The summed E-state index contributed by atoms with van der Waals surface area (Å²) in [4.78, 5) is 29.9. The third kappa shape index (κ3) is 7.57. The molecular weight excluding hydrogens is 492 g/mol. The number of rotatable bonds is 10. The summed E-state index contributed by atoms with van der Waals surface area (Å²) in [5, 5.41) is 4.78. The van der Waals surface area contributed by atoms with Crippen LogP contribution in [0.3, 0.4) is 0 Å². The smallest absolute Gasteiger partial charge is 0.225 e. The average molecular weight is 525 g/mol. The number of carbonyl (C=O) groups excluding carboxylic acids is 2. The molecule has 1 unspecified atom stereocenters. The number of amides is 2. The summed E-state index contributed by atoms with van der Waals surface area (Å²) < 4.78 is 14.0. The van der Waals surface area contributed by atoms with Crippen molar-refractivity contribution in [1.82, 2.24) is 19.6 Å². The van der Waals surface area contributed by atoms with Crippen LogP contribution in [0.5, 0.6) is 5.75 Å². The number of aromatic nitrogens is 2. The SMILES string of the molecule is CN(Cc1ccccc1)C(=O)CC1(COc2ccc(Cl)cc2)CN(C(=O)CCc2cnn(C)c2)CCO1. The molecule has 3 aromatic rings. The van der Waals surface area contributed by atoms with Gasteiger partial charge in [-0.15, -0.1) is 0 Å². The molecule has 9 heteroatoms. The van der Waals surface area contributed by atoms with E-state index in [1.807, 2.05) is 43.6 Å². The van der Waals surface area contributed by atoms with Gasteiger partial charge in [-0.2, -0.15) is 5.10 Å². The first-order valence-electron chi connectivity index (χ1n) is 12.4. The molecule has 0 saturated carbocycles. The molecule has 2 heterocycles. The van der Waals surface area contributed by atoms with E-state index in [9.17, 15) is 9.59 Å². The van der Waals surface area contributed by atoms with Crippen molar-refractivity contribution < 1.29 is 19.1 Å². The summed E-state index contributed by atoms with van der Waals surface area (Å²) in [5.41, 5.74) is 1.09. The second-order valence-electron chi connectivity index (χ2n) is 9.52. The predicted octanol–water partition coefficient (Wildman–Crippen LogP) is 3.73. The van der Waals surface area contributed by atoms with Crippen molar-refractivity contribution in [2.75, 3.05) is 33.4 Å². The standard InChI is InChI=1S/C28H33ClN4O4/c1-31(18-22-6-4-3-5-7-22)27(35)16-28(21-36-25-11-9-24(29)10-12-25)20-33(14-15-37-28)26(34)13-8-23-17-30-32(2)19-23/h3-7,9-12,17,19H,8,13-16,18,20-21H2,1-2H3. The second kappa shape index (κ2) is 12.3. The van der Waals surface area contributed by atoms with E-state index in [0.29, 0.717) is 43.3 Å². The maximum absolute atomic E-state index is 13.3. The normalized spacial score (nSPS) is 17.4. The van der Waals surface area contributed by atoms with Gasteiger partial charge in [0, 0.05) is 44.8 Å². The first-order valence-corrected chi connectivity index (χ1v) is 12.8. The highest BCUT2D eigenvalue weighted by Crippen LogP contribution is 2.27. The molecule has 4 rings (SSSR count). The minimum absolute atomic E-state index is 0.0214. The molecule has 0 aliphatic carbocycles. The maximum atomic E-state index is 13.3. The third-order valence-electron chi connectivity index (χ3n) is 6.46. The highest BCUT2D eigenvalue weighted by atomic mass is 35.5. The average Bonchev–Trinajstić information content (AvgIpc) is 3.32. The molecule has 1 aliphatic heterocycles. The van der Waals surface area contributed by atoms with Gasteiger partial charge in [0.05, 0.1) is 25.8 Å². The van der Waals surface area contributed by atoms with E-state index in [1.165, 1.54) is 0 Å². The lowest BCUT2D eigenvalue weighted by Crippen LogP contribution is -2.58. The number of benzene rings is 2. The molecule has 2 amide bonds. The number of hydrogen-bond acceptors (Lipinski definition) is 5. The fraction of sp³-hybridized carbons (Fsp3) is 0.393. The molecule has 1 saturated heterocycles. The molecule has 8 nitrogen and oxygen atoms in total. The summed E-state index contributed by atoms with van der Waals surface area (Å²) >= 11 is 6.01. The summed E-state index contributed by atoms with van der Waals surface area (Å²) in [6.45, 7) is 1.70. The molecule has 0 spiro atoms. The van der Waals surface area contributed by atoms with Gasteiger partial charge in [-0.25, -0.2) is 0 Å². The molecule has 1 aromatic heterocycles. The van der Waals surface area contributed by atoms with Crippen molar-refractivity contribution in [3.05, 3.63) is 83.1 Å². The van der Waals surface area contributed by atoms with E-state index in [1.54, 1.807) is 52.0 Å².